The summed E-state index contributed by atoms with van der Waals surface area (Å²) < 4.78 is 23.8. The number of rotatable bonds is 3. The van der Waals surface area contributed by atoms with Gasteiger partial charge in [0.25, 0.3) is 0 Å². The van der Waals surface area contributed by atoms with Crippen LogP contribution in [0, 0.1) is 0 Å². The van der Waals surface area contributed by atoms with Gasteiger partial charge in [0.2, 0.25) is 5.91 Å². The number of hydrogen-bond donors (Lipinski definition) is 0. The molecule has 0 radical (unpaired) electrons. The van der Waals surface area contributed by atoms with Crippen molar-refractivity contribution < 1.29 is 42.8 Å². The molecule has 0 aromatic heterocycles. The van der Waals surface area contributed by atoms with E-state index in [4.69, 9.17) is 5.14 Å². The zero-order valence-corrected chi connectivity index (χ0v) is 19.1. The Bertz CT molecular complexity index is 917. The number of nitrogens with one attached hydrogen (secondary N) is 1. The third kappa shape index (κ3) is 4.77. The van der Waals surface area contributed by atoms with Gasteiger partial charge in [0, 0.05) is 22.5 Å². The van der Waals surface area contributed by atoms with Gasteiger partial charge in [0.15, 0.2) is 0 Å². The van der Waals surface area contributed by atoms with Crippen LogP contribution in [0.5, 0.6) is 0 Å². The molecule has 5 nitrogen and oxygen atoms in total. The molecule has 0 saturated heterocycles. The van der Waals surface area contributed by atoms with Crippen LogP contribution in [0.4, 0.5) is 0 Å². The molecule has 1 amide bonds. The topological polar surface area (TPSA) is 78.2 Å². The first-order valence-electron chi connectivity index (χ1n) is 7.91. The van der Waals surface area contributed by atoms with E-state index in [2.05, 4.69) is 15.9 Å². The summed E-state index contributed by atoms with van der Waals surface area (Å²) in [4.78, 5) is 14.6. The molecular weight excluding hydrogens is 427 g/mol. The van der Waals surface area contributed by atoms with Gasteiger partial charge in [-0.05, 0) is 54.3 Å². The average molecular weight is 445 g/mol. The predicted octanol–water partition coefficient (Wildman–Crippen LogP) is 0.882. The third-order valence-corrected chi connectivity index (χ3v) is 5.96. The number of sulfonamides is 1. The Labute approximate surface area is 184 Å². The van der Waals surface area contributed by atoms with Crippen LogP contribution in [0.2, 0.25) is 0 Å². The minimum absolute atomic E-state index is 0. The van der Waals surface area contributed by atoms with Crippen LogP contribution in [-0.2, 0) is 27.8 Å². The van der Waals surface area contributed by atoms with Crippen molar-refractivity contribution in [2.45, 2.75) is 30.7 Å². The van der Waals surface area contributed by atoms with E-state index in [1.54, 1.807) is 11.0 Å². The molecule has 26 heavy (non-hydrogen) atoms. The van der Waals surface area contributed by atoms with Crippen molar-refractivity contribution >= 4 is 31.9 Å². The molecule has 1 aliphatic rings. The van der Waals surface area contributed by atoms with Gasteiger partial charge in [0.05, 0.1) is 15.9 Å². The third-order valence-electron chi connectivity index (χ3n) is 4.55. The molecule has 0 aliphatic carbocycles. The quantitative estimate of drug-likeness (QED) is 0.659. The summed E-state index contributed by atoms with van der Waals surface area (Å²) in [5.74, 6) is -0.246. The van der Waals surface area contributed by atoms with Gasteiger partial charge >= 0.3 is 29.6 Å². The van der Waals surface area contributed by atoms with Crippen LogP contribution in [0.3, 0.4) is 0 Å². The molecule has 1 atom stereocenters. The first-order chi connectivity index (χ1) is 11.8. The summed E-state index contributed by atoms with van der Waals surface area (Å²) in [5.41, 5.74) is 2.78. The second-order valence-corrected chi connectivity index (χ2v) is 8.61. The van der Waals surface area contributed by atoms with Crippen molar-refractivity contribution in [3.05, 3.63) is 68.8 Å². The number of benzene rings is 2. The van der Waals surface area contributed by atoms with Gasteiger partial charge in [-0.2, -0.15) is 0 Å². The van der Waals surface area contributed by atoms with Crippen LogP contribution in [0.1, 0.15) is 29.5 Å². The van der Waals surface area contributed by atoms with Crippen LogP contribution in [0.25, 0.3) is 5.14 Å². The molecule has 0 spiro atoms. The maximum absolute atomic E-state index is 12.8. The van der Waals surface area contributed by atoms with Crippen molar-refractivity contribution in [2.24, 2.45) is 0 Å². The van der Waals surface area contributed by atoms with E-state index in [-0.39, 0.29) is 46.3 Å². The average Bonchev–Trinajstić information content (AvgIpc) is 2.59. The fraction of sp³-hybridized carbons (Fsp3) is 0.278. The van der Waals surface area contributed by atoms with Gasteiger partial charge in [-0.25, -0.2) is 8.42 Å². The summed E-state index contributed by atoms with van der Waals surface area (Å²) in [6, 6.07) is 12.4. The predicted molar refractivity (Wildman–Crippen MR) is 99.6 cm³/mol. The normalized spacial score (nSPS) is 15.0. The molecule has 1 aliphatic heterocycles. The fourth-order valence-corrected chi connectivity index (χ4v) is 3.87. The Morgan fingerprint density at radius 3 is 2.42 bits per heavy atom. The van der Waals surface area contributed by atoms with E-state index < -0.39 is 10.0 Å². The second kappa shape index (κ2) is 8.54. The van der Waals surface area contributed by atoms with E-state index in [1.807, 2.05) is 31.2 Å². The molecule has 0 saturated carbocycles. The molecule has 8 heteroatoms. The number of carbonyl (C=O) groups is 1. The van der Waals surface area contributed by atoms with Gasteiger partial charge in [-0.3, -0.25) is 4.79 Å². The van der Waals surface area contributed by atoms with E-state index in [1.165, 1.54) is 12.1 Å². The minimum Gasteiger partial charge on any atom is -0.560 e. The van der Waals surface area contributed by atoms with Crippen LogP contribution < -0.4 is 29.6 Å². The fourth-order valence-electron chi connectivity index (χ4n) is 3.06. The van der Waals surface area contributed by atoms with E-state index in [0.29, 0.717) is 19.5 Å². The zero-order valence-electron chi connectivity index (χ0n) is 14.7. The zero-order chi connectivity index (χ0) is 18.2. The Kier molecular flexibility index (Phi) is 7.10. The van der Waals surface area contributed by atoms with Crippen LogP contribution in [0.15, 0.2) is 51.8 Å². The molecule has 3 rings (SSSR count). The molecular formula is C18H18BrN2NaO3S. The summed E-state index contributed by atoms with van der Waals surface area (Å²) >= 11 is 3.39. The number of carbonyl (C=O) groups excluding carboxylic acids is 1. The maximum atomic E-state index is 12.8. The number of amides is 1. The van der Waals surface area contributed by atoms with Crippen molar-refractivity contribution in [1.29, 1.82) is 0 Å². The molecule has 132 valence electrons. The van der Waals surface area contributed by atoms with Gasteiger partial charge in [-0.1, -0.05) is 34.1 Å². The molecule has 1 N–H and O–H groups in total. The summed E-state index contributed by atoms with van der Waals surface area (Å²) in [6.45, 7) is 2.86. The SMILES string of the molecule is CC(C(=O)N1CCc2ccc(S([NH-])(=O)=O)cc2C1)c1ccc(Br)cc1.[Na+]. The molecule has 2 aromatic carbocycles. The molecule has 2 aromatic rings. The first kappa shape index (κ1) is 21.6. The number of hydrogen-bond acceptors (Lipinski definition) is 3. The van der Waals surface area contributed by atoms with Crippen molar-refractivity contribution in [2.75, 3.05) is 6.54 Å². The van der Waals surface area contributed by atoms with Crippen LogP contribution >= 0.6 is 15.9 Å². The number of halogens is 1. The Hall–Kier alpha value is -0.700. The Balaban J connectivity index is 0.00000243. The second-order valence-electron chi connectivity index (χ2n) is 6.22. The smallest absolute Gasteiger partial charge is 0.560 e. The van der Waals surface area contributed by atoms with Crippen LogP contribution in [-0.4, -0.2) is 25.8 Å². The van der Waals surface area contributed by atoms with E-state index in [9.17, 15) is 13.2 Å². The molecule has 0 bridgehead atoms. The Morgan fingerprint density at radius 2 is 1.81 bits per heavy atom. The van der Waals surface area contributed by atoms with E-state index >= 15 is 0 Å². The molecule has 0 fully saturated rings. The first-order valence-corrected chi connectivity index (χ1v) is 10.2. The van der Waals surface area contributed by atoms with Crippen molar-refractivity contribution in [1.82, 2.24) is 4.90 Å². The van der Waals surface area contributed by atoms with Gasteiger partial charge in [-0.15, -0.1) is 0 Å². The summed E-state index contributed by atoms with van der Waals surface area (Å²) in [5, 5.41) is 7.21. The monoisotopic (exact) mass is 444 g/mol. The maximum Gasteiger partial charge on any atom is 1.00 e. The van der Waals surface area contributed by atoms with Gasteiger partial charge in [0.1, 0.15) is 0 Å². The molecule has 1 unspecified atom stereocenters. The Morgan fingerprint density at radius 1 is 1.15 bits per heavy atom. The summed E-state index contributed by atoms with van der Waals surface area (Å²) in [7, 11) is -4.00. The van der Waals surface area contributed by atoms with Gasteiger partial charge < -0.3 is 10.0 Å². The minimum atomic E-state index is -4.00. The van der Waals surface area contributed by atoms with Crippen molar-refractivity contribution in [3.63, 3.8) is 0 Å². The largest absolute Gasteiger partial charge is 1.00 e. The number of nitrogens with zero attached hydrogens (tertiary/aromatic N) is 1. The van der Waals surface area contributed by atoms with Crippen molar-refractivity contribution in [3.8, 4) is 0 Å². The number of fused-ring (bicyclic) bond motifs is 1. The standard InChI is InChI=1S/C18H18BrN2O3S.Na/c1-12(13-2-5-16(19)6-3-13)18(22)21-9-8-14-4-7-17(25(20,23)24)10-15(14)11-21;/h2-7,10,12H,8-9,11H2,1H3,(H-,20,23,24);/q-1;+1. The van der Waals surface area contributed by atoms with E-state index in [0.717, 1.165) is 21.2 Å². The summed E-state index contributed by atoms with van der Waals surface area (Å²) in [6.07, 6.45) is 0.687. The molecule has 1 heterocycles.